The Balaban J connectivity index is 1.76. The Kier molecular flexibility index (Phi) is 5.26. The predicted octanol–water partition coefficient (Wildman–Crippen LogP) is 4.46. The Bertz CT molecular complexity index is 1400. The molecule has 4 heterocycles. The van der Waals surface area contributed by atoms with Crippen molar-refractivity contribution < 1.29 is 18.7 Å². The summed E-state index contributed by atoms with van der Waals surface area (Å²) in [6, 6.07) is 8.32. The number of methoxy groups -OCH3 is 2. The van der Waals surface area contributed by atoms with Crippen molar-refractivity contribution in [2.45, 2.75) is 6.42 Å². The lowest BCUT2D eigenvalue weighted by atomic mass is 10.0. The minimum atomic E-state index is -0.609. The van der Waals surface area contributed by atoms with Crippen LogP contribution >= 0.6 is 11.6 Å². The van der Waals surface area contributed by atoms with Crippen LogP contribution in [-0.4, -0.2) is 41.6 Å². The van der Waals surface area contributed by atoms with Gasteiger partial charge in [0, 0.05) is 36.5 Å². The standard InChI is InChI=1S/C23H19ClFN5O3/c1-32-21-12(24)4-3-5-15(21)29-20-17-14(7-9-27-22(17)31)28-19(20)11-6-8-26-16-10-13(25)23(33-2)30-18(11)16/h3-6,8,10,28-29H,7,9H2,1-2H3,(H,27,31). The number of rotatable bonds is 5. The molecule has 33 heavy (non-hydrogen) atoms. The van der Waals surface area contributed by atoms with E-state index in [0.717, 1.165) is 5.69 Å². The number of nitrogens with zero attached hydrogens (tertiary/aromatic N) is 2. The maximum atomic E-state index is 14.3. The minimum Gasteiger partial charge on any atom is -0.493 e. The number of hydrogen-bond donors (Lipinski definition) is 3. The van der Waals surface area contributed by atoms with Crippen LogP contribution in [0.5, 0.6) is 11.6 Å². The molecule has 3 aromatic heterocycles. The van der Waals surface area contributed by atoms with E-state index in [9.17, 15) is 9.18 Å². The number of ether oxygens (including phenoxy) is 2. The quantitative estimate of drug-likeness (QED) is 0.400. The number of halogens is 2. The number of hydrogen-bond acceptors (Lipinski definition) is 6. The molecule has 8 nitrogen and oxygen atoms in total. The number of anilines is 2. The fraction of sp³-hybridized carbons (Fsp3) is 0.174. The smallest absolute Gasteiger partial charge is 0.255 e. The van der Waals surface area contributed by atoms with E-state index in [0.29, 0.717) is 63.0 Å². The molecule has 0 saturated heterocycles. The molecule has 0 spiro atoms. The number of H-pyrrole nitrogens is 1. The van der Waals surface area contributed by atoms with Crippen molar-refractivity contribution >= 4 is 39.9 Å². The highest BCUT2D eigenvalue weighted by molar-refractivity contribution is 6.32. The van der Waals surface area contributed by atoms with Crippen molar-refractivity contribution in [1.82, 2.24) is 20.3 Å². The van der Waals surface area contributed by atoms with Crippen LogP contribution in [-0.2, 0) is 6.42 Å². The van der Waals surface area contributed by atoms with Crippen molar-refractivity contribution in [3.05, 3.63) is 58.6 Å². The number of carbonyl (C=O) groups is 1. The summed E-state index contributed by atoms with van der Waals surface area (Å²) in [4.78, 5) is 24.8. The molecule has 0 saturated carbocycles. The first-order valence-corrected chi connectivity index (χ1v) is 10.5. The molecule has 1 aliphatic rings. The van der Waals surface area contributed by atoms with Gasteiger partial charge in [0.1, 0.15) is 5.52 Å². The Morgan fingerprint density at radius 1 is 1.21 bits per heavy atom. The molecule has 0 radical (unpaired) electrons. The van der Waals surface area contributed by atoms with Gasteiger partial charge in [0.05, 0.1) is 47.4 Å². The molecular weight excluding hydrogens is 449 g/mol. The second kappa shape index (κ2) is 8.25. The van der Waals surface area contributed by atoms with Crippen LogP contribution in [0.15, 0.2) is 36.5 Å². The van der Waals surface area contributed by atoms with Crippen LogP contribution in [0.1, 0.15) is 16.1 Å². The number of pyridine rings is 2. The summed E-state index contributed by atoms with van der Waals surface area (Å²) in [6.07, 6.45) is 2.19. The average Bonchev–Trinajstić information content (AvgIpc) is 3.17. The van der Waals surface area contributed by atoms with E-state index in [-0.39, 0.29) is 11.8 Å². The van der Waals surface area contributed by atoms with Crippen LogP contribution < -0.4 is 20.1 Å². The number of aromatic nitrogens is 3. The van der Waals surface area contributed by atoms with Crippen LogP contribution in [0, 0.1) is 5.82 Å². The summed E-state index contributed by atoms with van der Waals surface area (Å²) < 4.78 is 24.8. The zero-order valence-electron chi connectivity index (χ0n) is 17.8. The van der Waals surface area contributed by atoms with Gasteiger partial charge in [-0.2, -0.15) is 0 Å². The fourth-order valence-electron chi connectivity index (χ4n) is 4.03. The topological polar surface area (TPSA) is 101 Å². The van der Waals surface area contributed by atoms with E-state index < -0.39 is 5.82 Å². The fourth-order valence-corrected chi connectivity index (χ4v) is 4.28. The number of amides is 1. The van der Waals surface area contributed by atoms with Crippen molar-refractivity contribution in [3.8, 4) is 22.9 Å². The number of carbonyl (C=O) groups excluding carboxylic acids is 1. The highest BCUT2D eigenvalue weighted by Crippen LogP contribution is 2.42. The molecule has 4 aromatic rings. The molecule has 3 N–H and O–H groups in total. The number of benzene rings is 1. The van der Waals surface area contributed by atoms with E-state index >= 15 is 0 Å². The summed E-state index contributed by atoms with van der Waals surface area (Å²) >= 11 is 6.31. The van der Waals surface area contributed by atoms with Gasteiger partial charge in [-0.3, -0.25) is 9.78 Å². The summed E-state index contributed by atoms with van der Waals surface area (Å²) in [5, 5.41) is 6.62. The SMILES string of the molecule is COc1nc2c(-c3[nH]c4c(c3Nc3cccc(Cl)c3OC)C(=O)NCC4)ccnc2cc1F. The highest BCUT2D eigenvalue weighted by Gasteiger charge is 2.29. The van der Waals surface area contributed by atoms with Gasteiger partial charge in [0.2, 0.25) is 0 Å². The maximum Gasteiger partial charge on any atom is 0.255 e. The number of nitrogens with one attached hydrogen (secondary N) is 3. The van der Waals surface area contributed by atoms with Crippen molar-refractivity contribution in [3.63, 3.8) is 0 Å². The summed E-state index contributed by atoms with van der Waals surface area (Å²) in [5.74, 6) is -0.520. The largest absolute Gasteiger partial charge is 0.493 e. The van der Waals surface area contributed by atoms with E-state index in [1.807, 2.05) is 0 Å². The third-order valence-electron chi connectivity index (χ3n) is 5.49. The van der Waals surface area contributed by atoms with Crippen LogP contribution in [0.2, 0.25) is 5.02 Å². The predicted molar refractivity (Wildman–Crippen MR) is 123 cm³/mol. The molecular formula is C23H19ClFN5O3. The van der Waals surface area contributed by atoms with E-state index in [4.69, 9.17) is 21.1 Å². The molecule has 1 amide bonds. The second-order valence-corrected chi connectivity index (χ2v) is 7.79. The first-order chi connectivity index (χ1) is 16.0. The van der Waals surface area contributed by atoms with Crippen LogP contribution in [0.3, 0.4) is 0 Å². The Morgan fingerprint density at radius 2 is 2.06 bits per heavy atom. The Morgan fingerprint density at radius 3 is 2.85 bits per heavy atom. The molecule has 1 aromatic carbocycles. The Hall–Kier alpha value is -3.85. The molecule has 5 rings (SSSR count). The summed E-state index contributed by atoms with van der Waals surface area (Å²) in [5.41, 5.74) is 4.39. The molecule has 0 unspecified atom stereocenters. The third-order valence-corrected chi connectivity index (χ3v) is 5.79. The molecule has 168 valence electrons. The lowest BCUT2D eigenvalue weighted by molar-refractivity contribution is 0.0947. The van der Waals surface area contributed by atoms with Gasteiger partial charge < -0.3 is 25.1 Å². The Labute approximate surface area is 193 Å². The van der Waals surface area contributed by atoms with E-state index in [1.54, 1.807) is 30.5 Å². The lowest BCUT2D eigenvalue weighted by Gasteiger charge is -2.17. The van der Waals surface area contributed by atoms with Gasteiger partial charge >= 0.3 is 0 Å². The average molecular weight is 468 g/mol. The highest BCUT2D eigenvalue weighted by atomic mass is 35.5. The normalized spacial score (nSPS) is 12.9. The van der Waals surface area contributed by atoms with Crippen molar-refractivity contribution in [2.24, 2.45) is 0 Å². The zero-order valence-corrected chi connectivity index (χ0v) is 18.5. The zero-order chi connectivity index (χ0) is 23.1. The van der Waals surface area contributed by atoms with Crippen molar-refractivity contribution in [1.29, 1.82) is 0 Å². The monoisotopic (exact) mass is 467 g/mol. The van der Waals surface area contributed by atoms with Gasteiger partial charge in [-0.05, 0) is 18.2 Å². The minimum absolute atomic E-state index is 0.142. The van der Waals surface area contributed by atoms with E-state index in [1.165, 1.54) is 20.3 Å². The van der Waals surface area contributed by atoms with Crippen LogP contribution in [0.25, 0.3) is 22.3 Å². The van der Waals surface area contributed by atoms with E-state index in [2.05, 4.69) is 25.6 Å². The number of fused-ring (bicyclic) bond motifs is 2. The number of para-hydroxylation sites is 1. The maximum absolute atomic E-state index is 14.3. The number of aromatic amines is 1. The third kappa shape index (κ3) is 3.50. The molecule has 0 fully saturated rings. The summed E-state index contributed by atoms with van der Waals surface area (Å²) in [7, 11) is 2.87. The van der Waals surface area contributed by atoms with Gasteiger partial charge in [-0.1, -0.05) is 17.7 Å². The summed E-state index contributed by atoms with van der Waals surface area (Å²) in [6.45, 7) is 0.514. The van der Waals surface area contributed by atoms with Crippen molar-refractivity contribution in [2.75, 3.05) is 26.1 Å². The molecule has 10 heteroatoms. The van der Waals surface area contributed by atoms with Crippen LogP contribution in [0.4, 0.5) is 15.8 Å². The van der Waals surface area contributed by atoms with Gasteiger partial charge in [0.15, 0.2) is 11.6 Å². The van der Waals surface area contributed by atoms with Gasteiger partial charge in [0.25, 0.3) is 11.8 Å². The molecule has 0 atom stereocenters. The molecule has 0 bridgehead atoms. The van der Waals surface area contributed by atoms with Gasteiger partial charge in [-0.15, -0.1) is 0 Å². The molecule has 0 aliphatic carbocycles. The second-order valence-electron chi connectivity index (χ2n) is 7.39. The lowest BCUT2D eigenvalue weighted by Crippen LogP contribution is -2.31. The molecule has 1 aliphatic heterocycles. The first kappa shape index (κ1) is 21.0. The first-order valence-electron chi connectivity index (χ1n) is 10.1. The van der Waals surface area contributed by atoms with Gasteiger partial charge in [-0.25, -0.2) is 9.37 Å².